The molecule has 1 aliphatic rings. The van der Waals surface area contributed by atoms with E-state index in [2.05, 4.69) is 5.16 Å². The van der Waals surface area contributed by atoms with Gasteiger partial charge in [-0.1, -0.05) is 35.0 Å². The van der Waals surface area contributed by atoms with Gasteiger partial charge >= 0.3 is 0 Å². The Balaban J connectivity index is 2.07. The Labute approximate surface area is 102 Å². The zero-order valence-electron chi connectivity index (χ0n) is 8.72. The molecule has 4 nitrogen and oxygen atoms in total. The van der Waals surface area contributed by atoms with Crippen molar-refractivity contribution < 1.29 is 14.1 Å². The Morgan fingerprint density at radius 3 is 3.00 bits per heavy atom. The number of ether oxygens (including phenoxy) is 1. The average Bonchev–Trinajstić information content (AvgIpc) is 2.90. The maximum absolute atomic E-state index is 10.7. The third-order valence-corrected chi connectivity index (χ3v) is 3.13. The van der Waals surface area contributed by atoms with Crippen LogP contribution in [0.2, 0.25) is 5.02 Å². The summed E-state index contributed by atoms with van der Waals surface area (Å²) in [6, 6.07) is 7.39. The number of carbonyl (C=O) groups is 1. The number of fused-ring (bicyclic) bond motifs is 1. The summed E-state index contributed by atoms with van der Waals surface area (Å²) < 4.78 is 10.5. The summed E-state index contributed by atoms with van der Waals surface area (Å²) in [4.78, 5) is 10.7. The van der Waals surface area contributed by atoms with Crippen molar-refractivity contribution in [2.45, 2.75) is 12.7 Å². The summed E-state index contributed by atoms with van der Waals surface area (Å²) >= 11 is 6.10. The molecule has 1 atom stereocenters. The highest BCUT2D eigenvalue weighted by molar-refractivity contribution is 6.31. The maximum atomic E-state index is 10.7. The fourth-order valence-electron chi connectivity index (χ4n) is 1.95. The fourth-order valence-corrected chi connectivity index (χ4v) is 2.18. The smallest absolute Gasteiger partial charge is 0.205 e. The molecule has 0 amide bonds. The van der Waals surface area contributed by atoms with E-state index in [1.54, 1.807) is 6.07 Å². The van der Waals surface area contributed by atoms with Gasteiger partial charge in [0.1, 0.15) is 11.8 Å². The highest BCUT2D eigenvalue weighted by Crippen LogP contribution is 2.38. The van der Waals surface area contributed by atoms with Crippen molar-refractivity contribution in [3.63, 3.8) is 0 Å². The number of rotatable bonds is 2. The van der Waals surface area contributed by atoms with Crippen molar-refractivity contribution in [1.82, 2.24) is 5.16 Å². The molecular formula is C12H8ClNO3. The number of hydrogen-bond donors (Lipinski definition) is 0. The van der Waals surface area contributed by atoms with Crippen LogP contribution in [-0.2, 0) is 11.3 Å². The lowest BCUT2D eigenvalue weighted by Crippen LogP contribution is -1.99. The standard InChI is InChI=1S/C12H8ClNO3/c13-9-4-2-1-3-7(9)12-11-8(6-16-12)10(5-15)17-14-11/h1-5,12H,6H2. The Kier molecular flexibility index (Phi) is 2.46. The summed E-state index contributed by atoms with van der Waals surface area (Å²) in [5.74, 6) is 0.231. The van der Waals surface area contributed by atoms with Crippen LogP contribution in [0.5, 0.6) is 0 Å². The molecule has 1 aromatic heterocycles. The van der Waals surface area contributed by atoms with Crippen LogP contribution in [0.3, 0.4) is 0 Å². The molecule has 17 heavy (non-hydrogen) atoms. The van der Waals surface area contributed by atoms with Gasteiger partial charge in [0.2, 0.25) is 5.76 Å². The maximum Gasteiger partial charge on any atom is 0.205 e. The van der Waals surface area contributed by atoms with Crippen LogP contribution in [-0.4, -0.2) is 11.4 Å². The molecule has 2 heterocycles. The van der Waals surface area contributed by atoms with Gasteiger partial charge in [-0.25, -0.2) is 0 Å². The molecule has 0 radical (unpaired) electrons. The number of halogens is 1. The summed E-state index contributed by atoms with van der Waals surface area (Å²) in [6.07, 6.45) is 0.292. The van der Waals surface area contributed by atoms with E-state index in [-0.39, 0.29) is 11.9 Å². The van der Waals surface area contributed by atoms with E-state index in [1.807, 2.05) is 18.2 Å². The van der Waals surface area contributed by atoms with Gasteiger partial charge in [0.05, 0.1) is 12.2 Å². The number of nitrogens with zero attached hydrogens (tertiary/aromatic N) is 1. The molecule has 5 heteroatoms. The Morgan fingerprint density at radius 1 is 1.41 bits per heavy atom. The lowest BCUT2D eigenvalue weighted by atomic mass is 10.1. The molecular weight excluding hydrogens is 242 g/mol. The van der Waals surface area contributed by atoms with E-state index in [0.717, 1.165) is 5.56 Å². The molecule has 86 valence electrons. The topological polar surface area (TPSA) is 52.3 Å². The second-order valence-electron chi connectivity index (χ2n) is 3.74. The molecule has 0 saturated heterocycles. The van der Waals surface area contributed by atoms with Crippen LogP contribution in [0.1, 0.15) is 33.5 Å². The summed E-state index contributed by atoms with van der Waals surface area (Å²) in [6.45, 7) is 0.322. The van der Waals surface area contributed by atoms with Crippen molar-refractivity contribution in [2.24, 2.45) is 0 Å². The lowest BCUT2D eigenvalue weighted by Gasteiger charge is -2.10. The minimum atomic E-state index is -0.351. The zero-order valence-corrected chi connectivity index (χ0v) is 9.48. The van der Waals surface area contributed by atoms with Crippen molar-refractivity contribution in [3.05, 3.63) is 51.9 Å². The molecule has 1 aromatic carbocycles. The van der Waals surface area contributed by atoms with E-state index in [9.17, 15) is 4.79 Å². The van der Waals surface area contributed by atoms with E-state index < -0.39 is 0 Å². The molecule has 1 aliphatic heterocycles. The molecule has 3 rings (SSSR count). The first kappa shape index (κ1) is 10.5. The molecule has 0 saturated carbocycles. The van der Waals surface area contributed by atoms with Gasteiger partial charge in [-0.2, -0.15) is 0 Å². The van der Waals surface area contributed by atoms with Crippen LogP contribution < -0.4 is 0 Å². The van der Waals surface area contributed by atoms with Crippen LogP contribution in [0.15, 0.2) is 28.8 Å². The van der Waals surface area contributed by atoms with Crippen molar-refractivity contribution in [1.29, 1.82) is 0 Å². The number of hydrogen-bond acceptors (Lipinski definition) is 4. The first-order valence-corrected chi connectivity index (χ1v) is 5.48. The highest BCUT2D eigenvalue weighted by atomic mass is 35.5. The molecule has 0 N–H and O–H groups in total. The van der Waals surface area contributed by atoms with Crippen LogP contribution >= 0.6 is 11.6 Å². The quantitative estimate of drug-likeness (QED) is 0.768. The van der Waals surface area contributed by atoms with Gasteiger partial charge in [0.25, 0.3) is 0 Å². The second-order valence-corrected chi connectivity index (χ2v) is 4.15. The number of aromatic nitrogens is 1. The number of aldehydes is 1. The Bertz CT molecular complexity index is 579. The minimum Gasteiger partial charge on any atom is -0.362 e. The fraction of sp³-hybridized carbons (Fsp3) is 0.167. The molecule has 0 aliphatic carbocycles. The Hall–Kier alpha value is -1.65. The summed E-state index contributed by atoms with van der Waals surface area (Å²) in [5, 5.41) is 4.49. The van der Waals surface area contributed by atoms with Crippen molar-refractivity contribution in [2.75, 3.05) is 0 Å². The van der Waals surface area contributed by atoms with Gasteiger partial charge in [0.15, 0.2) is 6.29 Å². The number of carbonyl (C=O) groups excluding carboxylic acids is 1. The first-order valence-electron chi connectivity index (χ1n) is 5.11. The van der Waals surface area contributed by atoms with Crippen molar-refractivity contribution >= 4 is 17.9 Å². The van der Waals surface area contributed by atoms with Gasteiger partial charge in [-0.3, -0.25) is 4.79 Å². The predicted octanol–water partition coefficient (Wildman–Crippen LogP) is 2.76. The second kappa shape index (κ2) is 3.98. The SMILES string of the molecule is O=Cc1onc2c1COC2c1ccccc1Cl. The molecule has 2 aromatic rings. The normalized spacial score (nSPS) is 18.1. The molecule has 0 spiro atoms. The van der Waals surface area contributed by atoms with Crippen LogP contribution in [0.25, 0.3) is 0 Å². The lowest BCUT2D eigenvalue weighted by molar-refractivity contribution is 0.0838. The van der Waals surface area contributed by atoms with E-state index in [4.69, 9.17) is 20.9 Å². The zero-order chi connectivity index (χ0) is 11.8. The largest absolute Gasteiger partial charge is 0.362 e. The van der Waals surface area contributed by atoms with Gasteiger partial charge in [0, 0.05) is 10.6 Å². The van der Waals surface area contributed by atoms with Crippen LogP contribution in [0, 0.1) is 0 Å². The summed E-state index contributed by atoms with van der Waals surface area (Å²) in [7, 11) is 0. The highest BCUT2D eigenvalue weighted by Gasteiger charge is 2.32. The van der Waals surface area contributed by atoms with E-state index in [1.165, 1.54) is 0 Å². The molecule has 1 unspecified atom stereocenters. The average molecular weight is 250 g/mol. The predicted molar refractivity (Wildman–Crippen MR) is 60.0 cm³/mol. The third-order valence-electron chi connectivity index (χ3n) is 2.79. The third kappa shape index (κ3) is 1.57. The van der Waals surface area contributed by atoms with E-state index >= 15 is 0 Å². The van der Waals surface area contributed by atoms with Gasteiger partial charge in [-0.05, 0) is 6.07 Å². The van der Waals surface area contributed by atoms with Gasteiger partial charge < -0.3 is 9.26 Å². The van der Waals surface area contributed by atoms with E-state index in [0.29, 0.717) is 29.2 Å². The first-order chi connectivity index (χ1) is 8.31. The van der Waals surface area contributed by atoms with Gasteiger partial charge in [-0.15, -0.1) is 0 Å². The number of benzene rings is 1. The minimum absolute atomic E-state index is 0.231. The monoisotopic (exact) mass is 249 g/mol. The van der Waals surface area contributed by atoms with Crippen molar-refractivity contribution in [3.8, 4) is 0 Å². The summed E-state index contributed by atoms with van der Waals surface area (Å²) in [5.41, 5.74) is 2.18. The Morgan fingerprint density at radius 2 is 2.24 bits per heavy atom. The molecule has 0 fully saturated rings. The van der Waals surface area contributed by atoms with Crippen LogP contribution in [0.4, 0.5) is 0 Å². The molecule has 0 bridgehead atoms.